The van der Waals surface area contributed by atoms with Gasteiger partial charge in [0, 0.05) is 12.8 Å². The number of nitrogens with zero attached hydrogens (tertiary/aromatic N) is 2. The van der Waals surface area contributed by atoms with Crippen molar-refractivity contribution in [1.82, 2.24) is 9.55 Å². The molecule has 1 aliphatic rings. The van der Waals surface area contributed by atoms with E-state index in [9.17, 15) is 14.3 Å². The van der Waals surface area contributed by atoms with E-state index in [4.69, 9.17) is 15.2 Å². The number of aromatic nitrogens is 2. The maximum atomic E-state index is 14.6. The van der Waals surface area contributed by atoms with E-state index in [0.717, 1.165) is 4.57 Å². The van der Waals surface area contributed by atoms with Crippen LogP contribution >= 0.6 is 9.24 Å². The van der Waals surface area contributed by atoms with Crippen molar-refractivity contribution in [2.45, 2.75) is 30.8 Å². The number of nitrogens with two attached hydrogens (primary N) is 1. The Kier molecular flexibility index (Phi) is 4.39. The molecule has 112 valence electrons. The van der Waals surface area contributed by atoms with Crippen molar-refractivity contribution >= 4 is 15.1 Å². The van der Waals surface area contributed by atoms with Crippen molar-refractivity contribution in [3.05, 3.63) is 22.7 Å². The van der Waals surface area contributed by atoms with Crippen LogP contribution in [-0.2, 0) is 9.47 Å². The SMILES string of the molecule is CCOCC1OC(n2ccc(N)nc2=O)C(F)(P)C1O. The van der Waals surface area contributed by atoms with E-state index in [0.29, 0.717) is 6.61 Å². The second-order valence-corrected chi connectivity index (χ2v) is 5.39. The highest BCUT2D eigenvalue weighted by atomic mass is 31.0. The Morgan fingerprint density at radius 3 is 3.05 bits per heavy atom. The monoisotopic (exact) mass is 305 g/mol. The van der Waals surface area contributed by atoms with Crippen LogP contribution in [0.5, 0.6) is 0 Å². The predicted octanol–water partition coefficient (Wildman–Crippen LogP) is -0.339. The smallest absolute Gasteiger partial charge is 0.351 e. The topological polar surface area (TPSA) is 99.6 Å². The van der Waals surface area contributed by atoms with Gasteiger partial charge < -0.3 is 20.3 Å². The number of aliphatic hydroxyl groups is 1. The van der Waals surface area contributed by atoms with Gasteiger partial charge >= 0.3 is 5.69 Å². The maximum Gasteiger partial charge on any atom is 0.351 e. The van der Waals surface area contributed by atoms with Gasteiger partial charge in [-0.15, -0.1) is 0 Å². The Morgan fingerprint density at radius 1 is 1.75 bits per heavy atom. The van der Waals surface area contributed by atoms with Gasteiger partial charge in [-0.3, -0.25) is 4.57 Å². The molecule has 1 fully saturated rings. The molecule has 0 radical (unpaired) electrons. The van der Waals surface area contributed by atoms with E-state index >= 15 is 0 Å². The standard InChI is InChI=1S/C11H17FN3O4P/c1-2-18-5-6-8(16)11(12,20)9(19-6)15-4-3-7(13)14-10(15)17/h3-4,6,8-9,16H,2,5,20H2,1H3,(H2,13,14,17). The first kappa shape index (κ1) is 15.3. The van der Waals surface area contributed by atoms with Gasteiger partial charge in [0.25, 0.3) is 0 Å². The third-order valence-corrected chi connectivity index (χ3v) is 3.70. The average Bonchev–Trinajstić information content (AvgIpc) is 2.60. The van der Waals surface area contributed by atoms with Crippen LogP contribution in [0, 0.1) is 0 Å². The molecule has 0 saturated carbocycles. The minimum Gasteiger partial charge on any atom is -0.386 e. The van der Waals surface area contributed by atoms with Crippen molar-refractivity contribution in [3.8, 4) is 0 Å². The highest BCUT2D eigenvalue weighted by molar-refractivity contribution is 7.18. The number of hydrogen-bond acceptors (Lipinski definition) is 6. The number of rotatable bonds is 4. The number of anilines is 1. The molecule has 5 atom stereocenters. The first-order chi connectivity index (χ1) is 9.37. The molecule has 2 heterocycles. The van der Waals surface area contributed by atoms with Crippen LogP contribution in [0.25, 0.3) is 0 Å². The summed E-state index contributed by atoms with van der Waals surface area (Å²) in [5.41, 5.74) is 4.63. The fraction of sp³-hybridized carbons (Fsp3) is 0.636. The van der Waals surface area contributed by atoms with Crippen molar-refractivity contribution in [2.24, 2.45) is 0 Å². The van der Waals surface area contributed by atoms with Gasteiger partial charge in [-0.1, -0.05) is 9.24 Å². The van der Waals surface area contributed by atoms with E-state index in [2.05, 4.69) is 4.98 Å². The third-order valence-electron chi connectivity index (χ3n) is 3.08. The summed E-state index contributed by atoms with van der Waals surface area (Å²) < 4.78 is 26.1. The summed E-state index contributed by atoms with van der Waals surface area (Å²) in [6.07, 6.45) is -2.34. The summed E-state index contributed by atoms with van der Waals surface area (Å²) in [7, 11) is 1.89. The van der Waals surface area contributed by atoms with E-state index in [-0.39, 0.29) is 12.4 Å². The Balaban J connectivity index is 2.29. The minimum absolute atomic E-state index is 0.0314. The molecule has 7 nitrogen and oxygen atoms in total. The summed E-state index contributed by atoms with van der Waals surface area (Å²) in [6, 6.07) is 1.35. The van der Waals surface area contributed by atoms with Crippen molar-refractivity contribution < 1.29 is 19.0 Å². The summed E-state index contributed by atoms with van der Waals surface area (Å²) in [4.78, 5) is 15.3. The summed E-state index contributed by atoms with van der Waals surface area (Å²) >= 11 is 0. The highest BCUT2D eigenvalue weighted by Crippen LogP contribution is 2.45. The second-order valence-electron chi connectivity index (χ2n) is 4.50. The van der Waals surface area contributed by atoms with E-state index in [1.165, 1.54) is 12.3 Å². The average molecular weight is 305 g/mol. The fourth-order valence-corrected chi connectivity index (χ4v) is 2.48. The molecular weight excluding hydrogens is 288 g/mol. The van der Waals surface area contributed by atoms with Crippen LogP contribution in [0.3, 0.4) is 0 Å². The zero-order valence-electron chi connectivity index (χ0n) is 10.9. The molecule has 0 amide bonds. The Morgan fingerprint density at radius 2 is 2.45 bits per heavy atom. The van der Waals surface area contributed by atoms with Crippen molar-refractivity contribution in [3.63, 3.8) is 0 Å². The molecule has 9 heteroatoms. The number of aliphatic hydroxyl groups excluding tert-OH is 1. The second kappa shape index (κ2) is 5.73. The van der Waals surface area contributed by atoms with Gasteiger partial charge in [-0.25, -0.2) is 9.18 Å². The third kappa shape index (κ3) is 2.69. The lowest BCUT2D eigenvalue weighted by Crippen LogP contribution is -2.40. The van der Waals surface area contributed by atoms with Gasteiger partial charge in [-0.05, 0) is 13.0 Å². The molecule has 1 aromatic rings. The van der Waals surface area contributed by atoms with E-state index in [1.54, 1.807) is 6.92 Å². The number of hydrogen-bond donors (Lipinski definition) is 2. The van der Waals surface area contributed by atoms with Gasteiger partial charge in [0.1, 0.15) is 18.0 Å². The maximum absolute atomic E-state index is 14.6. The highest BCUT2D eigenvalue weighted by Gasteiger charge is 2.55. The van der Waals surface area contributed by atoms with Crippen LogP contribution in [0.2, 0.25) is 0 Å². The Hall–Kier alpha value is -1.08. The first-order valence-electron chi connectivity index (χ1n) is 6.11. The lowest BCUT2D eigenvalue weighted by molar-refractivity contribution is -0.0648. The van der Waals surface area contributed by atoms with Crippen LogP contribution in [0.1, 0.15) is 13.2 Å². The zero-order valence-corrected chi connectivity index (χ0v) is 12.1. The minimum atomic E-state index is -2.22. The van der Waals surface area contributed by atoms with Gasteiger partial charge in [0.2, 0.25) is 0 Å². The molecule has 1 aromatic heterocycles. The van der Waals surface area contributed by atoms with Crippen LogP contribution in [0.15, 0.2) is 17.1 Å². The molecule has 0 bridgehead atoms. The summed E-state index contributed by atoms with van der Waals surface area (Å²) in [6.45, 7) is 2.22. The van der Waals surface area contributed by atoms with Crippen LogP contribution in [-0.4, -0.2) is 45.5 Å². The van der Waals surface area contributed by atoms with Crippen molar-refractivity contribution in [2.75, 3.05) is 18.9 Å². The molecule has 3 N–H and O–H groups in total. The van der Waals surface area contributed by atoms with Crippen molar-refractivity contribution in [1.29, 1.82) is 0 Å². The summed E-state index contributed by atoms with van der Waals surface area (Å²) in [5, 5.41) is 7.74. The molecule has 0 spiro atoms. The first-order valence-corrected chi connectivity index (χ1v) is 6.69. The Labute approximate surface area is 117 Å². The molecule has 0 aromatic carbocycles. The van der Waals surface area contributed by atoms with Crippen LogP contribution in [0.4, 0.5) is 10.2 Å². The van der Waals surface area contributed by atoms with E-state index < -0.39 is 29.5 Å². The molecule has 1 aliphatic heterocycles. The normalized spacial score (nSPS) is 33.5. The number of alkyl halides is 1. The zero-order chi connectivity index (χ0) is 14.9. The van der Waals surface area contributed by atoms with Gasteiger partial charge in [0.15, 0.2) is 11.6 Å². The largest absolute Gasteiger partial charge is 0.386 e. The molecule has 0 aliphatic carbocycles. The molecule has 1 saturated heterocycles. The molecular formula is C11H17FN3O4P. The summed E-state index contributed by atoms with van der Waals surface area (Å²) in [5.74, 6) is 0.0314. The molecule has 20 heavy (non-hydrogen) atoms. The number of nitrogen functional groups attached to an aromatic ring is 1. The fourth-order valence-electron chi connectivity index (χ4n) is 2.02. The van der Waals surface area contributed by atoms with Gasteiger partial charge in [0.05, 0.1) is 6.61 Å². The predicted molar refractivity (Wildman–Crippen MR) is 72.9 cm³/mol. The quantitative estimate of drug-likeness (QED) is 0.738. The number of halogens is 1. The number of ether oxygens (including phenoxy) is 2. The van der Waals surface area contributed by atoms with E-state index in [1.807, 2.05) is 9.24 Å². The van der Waals surface area contributed by atoms with Gasteiger partial charge in [-0.2, -0.15) is 4.98 Å². The Bertz CT molecular complexity index is 539. The van der Waals surface area contributed by atoms with Crippen LogP contribution < -0.4 is 11.4 Å². The lowest BCUT2D eigenvalue weighted by atomic mass is 10.1. The molecule has 2 rings (SSSR count). The molecule has 5 unspecified atom stereocenters. The lowest BCUT2D eigenvalue weighted by Gasteiger charge is -2.24.